The fourth-order valence-electron chi connectivity index (χ4n) is 2.92. The van der Waals surface area contributed by atoms with E-state index in [-0.39, 0.29) is 11.8 Å². The lowest BCUT2D eigenvalue weighted by atomic mass is 10.1. The van der Waals surface area contributed by atoms with Gasteiger partial charge in [-0.1, -0.05) is 0 Å². The summed E-state index contributed by atoms with van der Waals surface area (Å²) in [6.07, 6.45) is 2.49. The highest BCUT2D eigenvalue weighted by Gasteiger charge is 2.26. The number of hydrogen-bond acceptors (Lipinski definition) is 4. The van der Waals surface area contributed by atoms with Gasteiger partial charge in [0.15, 0.2) is 0 Å². The summed E-state index contributed by atoms with van der Waals surface area (Å²) in [5.41, 5.74) is 1.08. The molecule has 1 atom stereocenters. The first-order valence-electron chi connectivity index (χ1n) is 7.76. The van der Waals surface area contributed by atoms with Crippen molar-refractivity contribution in [3.8, 4) is 5.75 Å². The number of benzene rings is 1. The quantitative estimate of drug-likeness (QED) is 0.909. The molecule has 1 aromatic carbocycles. The van der Waals surface area contributed by atoms with E-state index in [0.717, 1.165) is 12.8 Å². The van der Waals surface area contributed by atoms with Crippen LogP contribution in [0.3, 0.4) is 0 Å². The number of carbonyl (C=O) groups excluding carboxylic acids is 2. The van der Waals surface area contributed by atoms with Crippen molar-refractivity contribution in [1.29, 1.82) is 0 Å². The van der Waals surface area contributed by atoms with Gasteiger partial charge < -0.3 is 19.8 Å². The fraction of sp³-hybridized carbons (Fsp3) is 0.412. The van der Waals surface area contributed by atoms with Crippen molar-refractivity contribution >= 4 is 22.8 Å². The number of nitrogens with one attached hydrogen (secondary N) is 2. The molecular weight excluding hydrogens is 296 g/mol. The zero-order valence-corrected chi connectivity index (χ0v) is 13.3. The van der Waals surface area contributed by atoms with Gasteiger partial charge in [0, 0.05) is 11.9 Å². The molecule has 0 spiro atoms. The van der Waals surface area contributed by atoms with Crippen LogP contribution in [-0.2, 0) is 4.79 Å². The molecule has 2 amide bonds. The van der Waals surface area contributed by atoms with Crippen LogP contribution in [0.15, 0.2) is 22.6 Å². The van der Waals surface area contributed by atoms with E-state index in [1.54, 1.807) is 32.2 Å². The monoisotopic (exact) mass is 316 g/mol. The Morgan fingerprint density at radius 1 is 1.39 bits per heavy atom. The van der Waals surface area contributed by atoms with Crippen LogP contribution in [-0.4, -0.2) is 31.5 Å². The summed E-state index contributed by atoms with van der Waals surface area (Å²) in [6.45, 7) is 2.41. The maximum Gasteiger partial charge on any atom is 0.256 e. The summed E-state index contributed by atoms with van der Waals surface area (Å²) >= 11 is 0. The van der Waals surface area contributed by atoms with E-state index < -0.39 is 6.04 Å². The predicted molar refractivity (Wildman–Crippen MR) is 85.6 cm³/mol. The molecule has 2 aromatic rings. The first kappa shape index (κ1) is 15.4. The van der Waals surface area contributed by atoms with Crippen LogP contribution in [0, 0.1) is 6.92 Å². The van der Waals surface area contributed by atoms with Crippen molar-refractivity contribution in [2.24, 2.45) is 0 Å². The van der Waals surface area contributed by atoms with Crippen LogP contribution in [0.5, 0.6) is 5.75 Å². The number of carbonyl (C=O) groups is 2. The molecule has 122 valence electrons. The number of fused-ring (bicyclic) bond motifs is 1. The number of hydrogen-bond donors (Lipinski definition) is 2. The molecule has 1 saturated heterocycles. The largest absolute Gasteiger partial charge is 0.497 e. The Morgan fingerprint density at radius 3 is 3.00 bits per heavy atom. The van der Waals surface area contributed by atoms with Crippen molar-refractivity contribution in [2.45, 2.75) is 32.2 Å². The minimum atomic E-state index is -0.500. The van der Waals surface area contributed by atoms with E-state index in [2.05, 4.69) is 10.6 Å². The van der Waals surface area contributed by atoms with Gasteiger partial charge in [0.2, 0.25) is 5.91 Å². The molecule has 0 radical (unpaired) electrons. The molecule has 1 aromatic heterocycles. The first-order chi connectivity index (χ1) is 11.1. The van der Waals surface area contributed by atoms with Crippen LogP contribution in [0.1, 0.15) is 35.4 Å². The van der Waals surface area contributed by atoms with Gasteiger partial charge in [0.25, 0.3) is 5.91 Å². The molecule has 1 aliphatic heterocycles. The number of aryl methyl sites for hydroxylation is 1. The number of methoxy groups -OCH3 is 1. The summed E-state index contributed by atoms with van der Waals surface area (Å²) in [7, 11) is 1.57. The Bertz CT molecular complexity index is 750. The second-order valence-corrected chi connectivity index (χ2v) is 5.71. The molecular formula is C17H20N2O4. The molecule has 3 rings (SSSR count). The van der Waals surface area contributed by atoms with E-state index in [1.165, 1.54) is 0 Å². The van der Waals surface area contributed by atoms with Gasteiger partial charge in [-0.3, -0.25) is 9.59 Å². The topological polar surface area (TPSA) is 80.6 Å². The smallest absolute Gasteiger partial charge is 0.256 e. The number of rotatable bonds is 3. The first-order valence-corrected chi connectivity index (χ1v) is 7.76. The summed E-state index contributed by atoms with van der Waals surface area (Å²) in [4.78, 5) is 24.7. The van der Waals surface area contributed by atoms with E-state index in [0.29, 0.717) is 41.0 Å². The Kier molecular flexibility index (Phi) is 4.23. The fourth-order valence-corrected chi connectivity index (χ4v) is 2.92. The molecule has 0 aliphatic carbocycles. The molecule has 2 heterocycles. The molecule has 0 bridgehead atoms. The Morgan fingerprint density at radius 2 is 2.22 bits per heavy atom. The third kappa shape index (κ3) is 3.02. The van der Waals surface area contributed by atoms with Gasteiger partial charge in [-0.25, -0.2) is 0 Å². The lowest BCUT2D eigenvalue weighted by Crippen LogP contribution is -2.45. The van der Waals surface area contributed by atoms with Gasteiger partial charge in [0.1, 0.15) is 23.1 Å². The maximum absolute atomic E-state index is 12.7. The molecule has 1 aliphatic rings. The lowest BCUT2D eigenvalue weighted by molar-refractivity contribution is -0.122. The van der Waals surface area contributed by atoms with Crippen molar-refractivity contribution < 1.29 is 18.7 Å². The van der Waals surface area contributed by atoms with Gasteiger partial charge in [-0.2, -0.15) is 0 Å². The van der Waals surface area contributed by atoms with Gasteiger partial charge >= 0.3 is 0 Å². The highest BCUT2D eigenvalue weighted by Crippen LogP contribution is 2.29. The highest BCUT2D eigenvalue weighted by molar-refractivity contribution is 6.08. The van der Waals surface area contributed by atoms with Gasteiger partial charge in [-0.15, -0.1) is 0 Å². The third-order valence-corrected chi connectivity index (χ3v) is 4.14. The normalized spacial score (nSPS) is 18.3. The third-order valence-electron chi connectivity index (χ3n) is 4.14. The SMILES string of the molecule is COc1ccc2oc(C)c(C(=O)N[C@@H]3CCCCNC3=O)c2c1. The van der Waals surface area contributed by atoms with Crippen molar-refractivity contribution in [3.05, 3.63) is 29.5 Å². The van der Waals surface area contributed by atoms with E-state index in [4.69, 9.17) is 9.15 Å². The minimum Gasteiger partial charge on any atom is -0.497 e. The standard InChI is InChI=1S/C17H20N2O4/c1-10-15(12-9-11(22-2)6-7-14(12)23-10)17(21)19-13-5-3-4-8-18-16(13)20/h6-7,9,13H,3-5,8H2,1-2H3,(H,18,20)(H,19,21)/t13-/m1/s1. The van der Waals surface area contributed by atoms with Crippen molar-refractivity contribution in [3.63, 3.8) is 0 Å². The summed E-state index contributed by atoms with van der Waals surface area (Å²) in [6, 6.07) is 4.83. The lowest BCUT2D eigenvalue weighted by Gasteiger charge is -2.15. The number of furan rings is 1. The highest BCUT2D eigenvalue weighted by atomic mass is 16.5. The summed E-state index contributed by atoms with van der Waals surface area (Å²) in [5.74, 6) is 0.759. The minimum absolute atomic E-state index is 0.126. The Hall–Kier alpha value is -2.50. The molecule has 0 saturated carbocycles. The van der Waals surface area contributed by atoms with Crippen LogP contribution < -0.4 is 15.4 Å². The van der Waals surface area contributed by atoms with E-state index in [9.17, 15) is 9.59 Å². The second-order valence-electron chi connectivity index (χ2n) is 5.71. The van der Waals surface area contributed by atoms with Crippen LogP contribution in [0.2, 0.25) is 0 Å². The molecule has 1 fully saturated rings. The van der Waals surface area contributed by atoms with Crippen LogP contribution in [0.25, 0.3) is 11.0 Å². The zero-order chi connectivity index (χ0) is 16.4. The van der Waals surface area contributed by atoms with Crippen LogP contribution >= 0.6 is 0 Å². The van der Waals surface area contributed by atoms with Gasteiger partial charge in [0.05, 0.1) is 12.7 Å². The molecule has 6 nitrogen and oxygen atoms in total. The molecule has 0 unspecified atom stereocenters. The zero-order valence-electron chi connectivity index (χ0n) is 13.3. The van der Waals surface area contributed by atoms with Crippen LogP contribution in [0.4, 0.5) is 0 Å². The summed E-state index contributed by atoms with van der Waals surface area (Å²) < 4.78 is 10.9. The Balaban J connectivity index is 1.90. The van der Waals surface area contributed by atoms with Crippen molar-refractivity contribution in [2.75, 3.05) is 13.7 Å². The molecule has 6 heteroatoms. The molecule has 23 heavy (non-hydrogen) atoms. The maximum atomic E-state index is 12.7. The van der Waals surface area contributed by atoms with Crippen molar-refractivity contribution in [1.82, 2.24) is 10.6 Å². The van der Waals surface area contributed by atoms with E-state index >= 15 is 0 Å². The predicted octanol–water partition coefficient (Wildman–Crippen LogP) is 2.15. The number of ether oxygens (including phenoxy) is 1. The average Bonchev–Trinajstić information content (AvgIpc) is 2.74. The molecule has 2 N–H and O–H groups in total. The second kappa shape index (κ2) is 6.32. The van der Waals surface area contributed by atoms with Gasteiger partial charge in [-0.05, 0) is 44.4 Å². The number of amides is 2. The summed E-state index contributed by atoms with van der Waals surface area (Å²) in [5, 5.41) is 6.34. The average molecular weight is 316 g/mol. The van der Waals surface area contributed by atoms with E-state index in [1.807, 2.05) is 0 Å². The Labute approximate surface area is 134 Å².